The molecule has 1 atom stereocenters. The van der Waals surface area contributed by atoms with Crippen LogP contribution in [0.25, 0.3) is 0 Å². The zero-order valence-corrected chi connectivity index (χ0v) is 16.4. The molecule has 0 fully saturated rings. The highest BCUT2D eigenvalue weighted by atomic mass is 35.5. The van der Waals surface area contributed by atoms with Gasteiger partial charge in [0.2, 0.25) is 5.91 Å². The Kier molecular flexibility index (Phi) is 6.19. The van der Waals surface area contributed by atoms with Crippen LogP contribution >= 0.6 is 23.4 Å². The lowest BCUT2D eigenvalue weighted by Crippen LogP contribution is -2.23. The Morgan fingerprint density at radius 3 is 2.52 bits per heavy atom. The van der Waals surface area contributed by atoms with Crippen LogP contribution in [-0.2, 0) is 4.79 Å². The number of nitrogens with one attached hydrogen (secondary N) is 1. The fourth-order valence-corrected chi connectivity index (χ4v) is 3.62. The third-order valence-electron chi connectivity index (χ3n) is 3.64. The van der Waals surface area contributed by atoms with Crippen molar-refractivity contribution in [2.75, 3.05) is 5.32 Å². The molecule has 7 heteroatoms. The first-order valence-electron chi connectivity index (χ1n) is 7.79. The molecular weight excluding hydrogens is 358 g/mol. The fraction of sp³-hybridized carbons (Fsp3) is 0.333. The van der Waals surface area contributed by atoms with Crippen molar-refractivity contribution >= 4 is 40.7 Å². The predicted octanol–water partition coefficient (Wildman–Crippen LogP) is 4.38. The first-order valence-corrected chi connectivity index (χ1v) is 9.04. The number of nitrogens with zero attached hydrogens (tertiary/aromatic N) is 2. The lowest BCUT2D eigenvalue weighted by Gasteiger charge is -2.15. The molecule has 0 aliphatic heterocycles. The third-order valence-corrected chi connectivity index (χ3v) is 4.96. The number of thioether (sulfide) groups is 1. The van der Waals surface area contributed by atoms with E-state index in [1.165, 1.54) is 18.7 Å². The van der Waals surface area contributed by atoms with Gasteiger partial charge in [0.05, 0.1) is 16.5 Å². The van der Waals surface area contributed by atoms with Crippen LogP contribution in [-0.4, -0.2) is 26.9 Å². The van der Waals surface area contributed by atoms with Crippen molar-refractivity contribution in [3.63, 3.8) is 0 Å². The quantitative estimate of drug-likeness (QED) is 0.475. The largest absolute Gasteiger partial charge is 0.325 e. The van der Waals surface area contributed by atoms with Gasteiger partial charge in [0.25, 0.3) is 0 Å². The Bertz CT molecular complexity index is 839. The molecule has 0 bridgehead atoms. The number of aromatic nitrogens is 2. The molecule has 0 radical (unpaired) electrons. The van der Waals surface area contributed by atoms with Crippen molar-refractivity contribution in [2.24, 2.45) is 0 Å². The maximum absolute atomic E-state index is 12.5. The smallest absolute Gasteiger partial charge is 0.237 e. The van der Waals surface area contributed by atoms with Crippen molar-refractivity contribution in [1.29, 1.82) is 0 Å². The fourth-order valence-electron chi connectivity index (χ4n) is 2.36. The molecule has 1 amide bonds. The molecule has 0 saturated carbocycles. The summed E-state index contributed by atoms with van der Waals surface area (Å²) in [4.78, 5) is 33.0. The molecule has 0 aliphatic carbocycles. The van der Waals surface area contributed by atoms with Gasteiger partial charge in [0.1, 0.15) is 10.9 Å². The number of anilines is 1. The molecule has 2 rings (SSSR count). The van der Waals surface area contributed by atoms with Gasteiger partial charge >= 0.3 is 0 Å². The molecule has 1 N–H and O–H groups in total. The minimum absolute atomic E-state index is 0.113. The van der Waals surface area contributed by atoms with E-state index in [4.69, 9.17) is 11.6 Å². The van der Waals surface area contributed by atoms with Gasteiger partial charge in [0, 0.05) is 10.7 Å². The average Bonchev–Trinajstić information content (AvgIpc) is 2.49. The first-order chi connectivity index (χ1) is 11.7. The number of carbonyl (C=O) groups excluding carboxylic acids is 2. The molecule has 132 valence electrons. The van der Waals surface area contributed by atoms with Crippen LogP contribution in [0.1, 0.15) is 41.3 Å². The number of benzene rings is 1. The molecule has 5 nitrogen and oxygen atoms in total. The van der Waals surface area contributed by atoms with Gasteiger partial charge in [-0.2, -0.15) is 0 Å². The number of halogens is 1. The van der Waals surface area contributed by atoms with Gasteiger partial charge < -0.3 is 5.32 Å². The van der Waals surface area contributed by atoms with E-state index in [0.717, 1.165) is 5.56 Å². The highest BCUT2D eigenvalue weighted by molar-refractivity contribution is 8.00. The van der Waals surface area contributed by atoms with Crippen LogP contribution in [0.4, 0.5) is 5.69 Å². The van der Waals surface area contributed by atoms with Crippen LogP contribution < -0.4 is 5.32 Å². The molecule has 0 spiro atoms. The summed E-state index contributed by atoms with van der Waals surface area (Å²) in [6.45, 7) is 8.69. The van der Waals surface area contributed by atoms with Crippen LogP contribution in [0.15, 0.2) is 23.2 Å². The van der Waals surface area contributed by atoms with Crippen molar-refractivity contribution in [3.05, 3.63) is 45.9 Å². The summed E-state index contributed by atoms with van der Waals surface area (Å²) in [7, 11) is 0. The molecule has 1 heterocycles. The second-order valence-corrected chi connectivity index (χ2v) is 7.57. The molecule has 0 unspecified atom stereocenters. The van der Waals surface area contributed by atoms with Gasteiger partial charge in [-0.25, -0.2) is 9.97 Å². The highest BCUT2D eigenvalue weighted by Gasteiger charge is 2.21. The Hall–Kier alpha value is -1.92. The van der Waals surface area contributed by atoms with E-state index in [1.54, 1.807) is 32.9 Å². The van der Waals surface area contributed by atoms with Gasteiger partial charge in [0.15, 0.2) is 5.78 Å². The van der Waals surface area contributed by atoms with Gasteiger partial charge in [-0.15, -0.1) is 0 Å². The summed E-state index contributed by atoms with van der Waals surface area (Å²) in [6.07, 6.45) is 0. The second kappa shape index (κ2) is 7.97. The van der Waals surface area contributed by atoms with E-state index in [0.29, 0.717) is 32.8 Å². The molecule has 2 aromatic rings. The Morgan fingerprint density at radius 1 is 1.20 bits per heavy atom. The predicted molar refractivity (Wildman–Crippen MR) is 102 cm³/mol. The monoisotopic (exact) mass is 377 g/mol. The second-order valence-electron chi connectivity index (χ2n) is 5.80. The highest BCUT2D eigenvalue weighted by Crippen LogP contribution is 2.28. The van der Waals surface area contributed by atoms with E-state index in [-0.39, 0.29) is 11.7 Å². The molecule has 1 aromatic heterocycles. The van der Waals surface area contributed by atoms with Crippen molar-refractivity contribution in [1.82, 2.24) is 9.97 Å². The number of ketones is 1. The van der Waals surface area contributed by atoms with Gasteiger partial charge in [-0.05, 0) is 52.3 Å². The Balaban J connectivity index is 2.22. The first kappa shape index (κ1) is 19.4. The van der Waals surface area contributed by atoms with E-state index < -0.39 is 5.25 Å². The number of amides is 1. The molecule has 0 saturated heterocycles. The van der Waals surface area contributed by atoms with Crippen molar-refractivity contribution in [2.45, 2.75) is 44.9 Å². The van der Waals surface area contributed by atoms with Crippen molar-refractivity contribution < 1.29 is 9.59 Å². The standard InChI is InChI=1S/C18H20ClN3O2S/c1-9-6-7-14(19)8-15(9)22-17(24)12(4)25-18-16(11(3)23)10(2)20-13(5)21-18/h6-8,12H,1-5H3,(H,22,24)/t12-/m0/s1. The molecule has 0 aliphatic rings. The van der Waals surface area contributed by atoms with E-state index in [2.05, 4.69) is 15.3 Å². The number of carbonyl (C=O) groups is 2. The number of aryl methyl sites for hydroxylation is 3. The van der Waals surface area contributed by atoms with Crippen LogP contribution in [0.2, 0.25) is 5.02 Å². The van der Waals surface area contributed by atoms with Crippen LogP contribution in [0.5, 0.6) is 0 Å². The molecule has 1 aromatic carbocycles. The maximum Gasteiger partial charge on any atom is 0.237 e. The Labute approximate surface area is 156 Å². The number of hydrogen-bond donors (Lipinski definition) is 1. The van der Waals surface area contributed by atoms with E-state index >= 15 is 0 Å². The van der Waals surface area contributed by atoms with Crippen LogP contribution in [0, 0.1) is 20.8 Å². The van der Waals surface area contributed by atoms with Gasteiger partial charge in [-0.3, -0.25) is 9.59 Å². The zero-order valence-electron chi connectivity index (χ0n) is 14.8. The molecular formula is C18H20ClN3O2S. The lowest BCUT2D eigenvalue weighted by molar-refractivity contribution is -0.115. The maximum atomic E-state index is 12.5. The van der Waals surface area contributed by atoms with Gasteiger partial charge in [-0.1, -0.05) is 29.4 Å². The number of rotatable bonds is 5. The molecule has 25 heavy (non-hydrogen) atoms. The minimum Gasteiger partial charge on any atom is -0.325 e. The number of hydrogen-bond acceptors (Lipinski definition) is 5. The van der Waals surface area contributed by atoms with E-state index in [1.807, 2.05) is 13.0 Å². The SMILES string of the molecule is CC(=O)c1c(C)nc(C)nc1S[C@@H](C)C(=O)Nc1cc(Cl)ccc1C. The number of Topliss-reactive ketones (excluding diaryl/α,β-unsaturated/α-hetero) is 1. The van der Waals surface area contributed by atoms with Crippen LogP contribution in [0.3, 0.4) is 0 Å². The summed E-state index contributed by atoms with van der Waals surface area (Å²) in [5.41, 5.74) is 2.69. The zero-order chi connectivity index (χ0) is 18.7. The Morgan fingerprint density at radius 2 is 1.88 bits per heavy atom. The lowest BCUT2D eigenvalue weighted by atomic mass is 10.2. The minimum atomic E-state index is -0.440. The summed E-state index contributed by atoms with van der Waals surface area (Å²) in [5, 5.41) is 3.52. The average molecular weight is 378 g/mol. The third kappa shape index (κ3) is 4.80. The summed E-state index contributed by atoms with van der Waals surface area (Å²) in [5.74, 6) is 0.278. The summed E-state index contributed by atoms with van der Waals surface area (Å²) >= 11 is 7.24. The van der Waals surface area contributed by atoms with E-state index in [9.17, 15) is 9.59 Å². The topological polar surface area (TPSA) is 72.0 Å². The summed E-state index contributed by atoms with van der Waals surface area (Å²) in [6, 6.07) is 5.34. The summed E-state index contributed by atoms with van der Waals surface area (Å²) < 4.78 is 0. The normalized spacial score (nSPS) is 11.9. The van der Waals surface area contributed by atoms with Crippen molar-refractivity contribution in [3.8, 4) is 0 Å².